The SMILES string of the molecule is [Pd+2].[c-]1c(Oc2[c-]c3c(cc2)c2ncccc2n2cc(-c4ccccc4)nc32)ccc2c1-n1c3ncccc3c3cccc(c31)C2(c1ccccc1)c1ccccc1. The maximum absolute atomic E-state index is 6.75. The number of hydrogen-bond acceptors (Lipinski definition) is 4. The Hall–Kier alpha value is -6.91. The molecule has 0 atom stereocenters. The zero-order chi connectivity index (χ0) is 36.8. The van der Waals surface area contributed by atoms with Gasteiger partial charge in [0.2, 0.25) is 0 Å². The normalized spacial score (nSPS) is 12.9. The van der Waals surface area contributed by atoms with Gasteiger partial charge in [0.05, 0.1) is 27.9 Å². The summed E-state index contributed by atoms with van der Waals surface area (Å²) in [6, 6.07) is 62.3. The molecule has 0 radical (unpaired) electrons. The van der Waals surface area contributed by atoms with Gasteiger partial charge in [-0.05, 0) is 41.0 Å². The summed E-state index contributed by atoms with van der Waals surface area (Å²) < 4.78 is 11.1. The van der Waals surface area contributed by atoms with E-state index >= 15 is 0 Å². The second-order valence-electron chi connectivity index (χ2n) is 14.2. The van der Waals surface area contributed by atoms with E-state index in [4.69, 9.17) is 19.7 Å². The van der Waals surface area contributed by atoms with E-state index in [1.54, 1.807) is 0 Å². The van der Waals surface area contributed by atoms with Crippen molar-refractivity contribution in [2.24, 2.45) is 0 Å². The molecule has 6 aromatic carbocycles. The van der Waals surface area contributed by atoms with E-state index < -0.39 is 5.41 Å². The van der Waals surface area contributed by atoms with Gasteiger partial charge in [-0.1, -0.05) is 138 Å². The molecular weight excluding hydrogens is 793 g/mol. The number of para-hydroxylation sites is 1. The second kappa shape index (κ2) is 12.8. The Labute approximate surface area is 341 Å². The predicted molar refractivity (Wildman–Crippen MR) is 222 cm³/mol. The summed E-state index contributed by atoms with van der Waals surface area (Å²) in [7, 11) is 0. The Morgan fingerprint density at radius 1 is 0.544 bits per heavy atom. The Morgan fingerprint density at radius 3 is 2.02 bits per heavy atom. The number of rotatable bonds is 5. The quantitative estimate of drug-likeness (QED) is 0.0986. The Kier molecular flexibility index (Phi) is 7.52. The van der Waals surface area contributed by atoms with Crippen LogP contribution in [0.3, 0.4) is 0 Å². The molecule has 0 saturated heterocycles. The zero-order valence-corrected chi connectivity index (χ0v) is 31.8. The van der Waals surface area contributed by atoms with E-state index in [-0.39, 0.29) is 20.4 Å². The number of aromatic nitrogens is 5. The van der Waals surface area contributed by atoms with Gasteiger partial charge in [0.25, 0.3) is 0 Å². The van der Waals surface area contributed by atoms with Gasteiger partial charge in [0.15, 0.2) is 0 Å². The number of benzene rings is 6. The van der Waals surface area contributed by atoms with Crippen molar-refractivity contribution in [2.45, 2.75) is 5.41 Å². The number of imidazole rings is 1. The fourth-order valence-electron chi connectivity index (χ4n) is 9.04. The molecule has 0 spiro atoms. The molecule has 6 nitrogen and oxygen atoms in total. The van der Waals surface area contributed by atoms with Crippen LogP contribution in [0.15, 0.2) is 176 Å². The third kappa shape index (κ3) is 4.77. The maximum atomic E-state index is 6.75. The molecular formula is C50H29N5OPd. The molecule has 6 heterocycles. The molecule has 1 aliphatic rings. The van der Waals surface area contributed by atoms with Crippen molar-refractivity contribution >= 4 is 49.4 Å². The van der Waals surface area contributed by atoms with E-state index in [1.807, 2.05) is 54.9 Å². The van der Waals surface area contributed by atoms with Crippen LogP contribution in [-0.2, 0) is 25.8 Å². The van der Waals surface area contributed by atoms with E-state index in [9.17, 15) is 0 Å². The van der Waals surface area contributed by atoms with Crippen LogP contribution in [-0.4, -0.2) is 23.9 Å². The van der Waals surface area contributed by atoms with Gasteiger partial charge in [-0.25, -0.2) is 4.98 Å². The average Bonchev–Trinajstić information content (AvgIpc) is 3.87. The van der Waals surface area contributed by atoms with Gasteiger partial charge >= 0.3 is 20.4 Å². The van der Waals surface area contributed by atoms with Crippen LogP contribution < -0.4 is 4.74 Å². The Morgan fingerprint density at radius 2 is 1.23 bits per heavy atom. The molecule has 0 amide bonds. The summed E-state index contributed by atoms with van der Waals surface area (Å²) in [6.07, 6.45) is 5.77. The first-order valence-corrected chi connectivity index (χ1v) is 18.7. The fourth-order valence-corrected chi connectivity index (χ4v) is 9.04. The van der Waals surface area contributed by atoms with Crippen LogP contribution in [0.25, 0.3) is 66.3 Å². The second-order valence-corrected chi connectivity index (χ2v) is 14.2. The molecule has 12 rings (SSSR count). The first kappa shape index (κ1) is 33.4. The average molecular weight is 822 g/mol. The van der Waals surface area contributed by atoms with E-state index in [1.165, 1.54) is 16.7 Å². The van der Waals surface area contributed by atoms with Crippen molar-refractivity contribution in [3.63, 3.8) is 0 Å². The van der Waals surface area contributed by atoms with E-state index in [0.29, 0.717) is 11.5 Å². The molecule has 57 heavy (non-hydrogen) atoms. The fraction of sp³-hybridized carbons (Fsp3) is 0.0200. The summed E-state index contributed by atoms with van der Waals surface area (Å²) in [6.45, 7) is 0. The Bertz CT molecular complexity index is 3300. The number of nitrogens with zero attached hydrogens (tertiary/aromatic N) is 5. The molecule has 0 N–H and O–H groups in total. The molecule has 0 fully saturated rings. The van der Waals surface area contributed by atoms with Crippen LogP contribution in [0.5, 0.6) is 11.5 Å². The van der Waals surface area contributed by atoms with Crippen molar-refractivity contribution in [1.29, 1.82) is 0 Å². The molecule has 0 unspecified atom stereocenters. The first-order valence-electron chi connectivity index (χ1n) is 18.7. The van der Waals surface area contributed by atoms with Crippen molar-refractivity contribution in [1.82, 2.24) is 23.9 Å². The number of pyridine rings is 3. The van der Waals surface area contributed by atoms with E-state index in [0.717, 1.165) is 71.9 Å². The zero-order valence-electron chi connectivity index (χ0n) is 30.2. The van der Waals surface area contributed by atoms with Crippen LogP contribution in [0.2, 0.25) is 0 Å². The summed E-state index contributed by atoms with van der Waals surface area (Å²) >= 11 is 0. The standard InChI is InChI=1S/C50H29N5O.Pd/c1-4-13-32(14-5-1)43-31-54-44-22-12-27-51-46(44)37-25-23-35(29-40(37)49(54)53-43)56-36-24-26-41-45(30-36)55-47-38(39-20-11-28-52-48(39)55)19-10-21-42(47)50(41,33-15-6-2-7-16-33)34-17-8-3-9-18-34;/h1-28,31H;/q-2;+2. The molecule has 0 bridgehead atoms. The molecule has 5 aromatic heterocycles. The van der Waals surface area contributed by atoms with Crippen molar-refractivity contribution in [2.75, 3.05) is 0 Å². The van der Waals surface area contributed by atoms with Gasteiger partial charge in [0.1, 0.15) is 5.65 Å². The van der Waals surface area contributed by atoms with Crippen LogP contribution >= 0.6 is 0 Å². The van der Waals surface area contributed by atoms with Gasteiger partial charge in [-0.3, -0.25) is 9.97 Å². The summed E-state index contributed by atoms with van der Waals surface area (Å²) in [5.41, 5.74) is 11.5. The topological polar surface area (TPSA) is 57.2 Å². The molecule has 0 saturated carbocycles. The van der Waals surface area contributed by atoms with Crippen molar-refractivity contribution < 1.29 is 25.2 Å². The first-order chi connectivity index (χ1) is 27.8. The minimum Gasteiger partial charge on any atom is -0.503 e. The number of fused-ring (bicyclic) bond motifs is 11. The third-order valence-electron chi connectivity index (χ3n) is 11.3. The molecule has 270 valence electrons. The summed E-state index contributed by atoms with van der Waals surface area (Å²) in [5.74, 6) is 1.13. The number of ether oxygens (including phenoxy) is 1. The predicted octanol–water partition coefficient (Wildman–Crippen LogP) is 11.3. The van der Waals surface area contributed by atoms with Gasteiger partial charge < -0.3 is 13.7 Å². The third-order valence-corrected chi connectivity index (χ3v) is 11.3. The summed E-state index contributed by atoms with van der Waals surface area (Å²) in [4.78, 5) is 14.9. The Balaban J connectivity index is 0.00000374. The van der Waals surface area contributed by atoms with Gasteiger partial charge in [0, 0.05) is 51.8 Å². The van der Waals surface area contributed by atoms with Gasteiger partial charge in [-0.15, -0.1) is 23.8 Å². The van der Waals surface area contributed by atoms with Crippen LogP contribution in [0.4, 0.5) is 0 Å². The molecule has 7 heteroatoms. The summed E-state index contributed by atoms with van der Waals surface area (Å²) in [5, 5.41) is 4.03. The van der Waals surface area contributed by atoms with Gasteiger partial charge in [-0.2, -0.15) is 6.07 Å². The molecule has 11 aromatic rings. The van der Waals surface area contributed by atoms with E-state index in [2.05, 4.69) is 143 Å². The van der Waals surface area contributed by atoms with Crippen LogP contribution in [0, 0.1) is 12.1 Å². The van der Waals surface area contributed by atoms with Crippen molar-refractivity contribution in [3.05, 3.63) is 211 Å². The molecule has 0 aliphatic carbocycles. The maximum Gasteiger partial charge on any atom is 2.00 e. The largest absolute Gasteiger partial charge is 2.00 e. The number of hydrogen-bond donors (Lipinski definition) is 0. The van der Waals surface area contributed by atoms with Crippen molar-refractivity contribution in [3.8, 4) is 28.4 Å². The minimum absolute atomic E-state index is 0. The molecule has 1 aliphatic heterocycles. The minimum atomic E-state index is -0.636. The smallest absolute Gasteiger partial charge is 0.503 e. The van der Waals surface area contributed by atoms with Crippen LogP contribution in [0.1, 0.15) is 22.3 Å². The monoisotopic (exact) mass is 821 g/mol.